The van der Waals surface area contributed by atoms with Crippen LogP contribution < -0.4 is 0 Å². The van der Waals surface area contributed by atoms with Crippen LogP contribution in [0.3, 0.4) is 0 Å². The highest BCUT2D eigenvalue weighted by atomic mass is 16.5. The summed E-state index contributed by atoms with van der Waals surface area (Å²) in [5.74, 6) is 1.64. The van der Waals surface area contributed by atoms with Crippen LogP contribution in [0.1, 0.15) is 32.1 Å². The zero-order valence-corrected chi connectivity index (χ0v) is 6.73. The summed E-state index contributed by atoms with van der Waals surface area (Å²) in [4.78, 5) is 0. The van der Waals surface area contributed by atoms with Gasteiger partial charge >= 0.3 is 0 Å². The van der Waals surface area contributed by atoms with Crippen LogP contribution in [0.15, 0.2) is 12.3 Å². The molecular weight excluding hydrogens is 124 g/mol. The minimum Gasteiger partial charge on any atom is -0.501 e. The molecule has 1 aliphatic rings. The van der Waals surface area contributed by atoms with E-state index in [1.165, 1.54) is 32.1 Å². The Morgan fingerprint density at radius 2 is 1.90 bits per heavy atom. The molecule has 1 saturated carbocycles. The maximum Gasteiger partial charge on any atom is 0.0914 e. The van der Waals surface area contributed by atoms with Crippen molar-refractivity contribution in [1.29, 1.82) is 0 Å². The first-order valence-electron chi connectivity index (χ1n) is 4.07. The van der Waals surface area contributed by atoms with Gasteiger partial charge in [-0.3, -0.25) is 0 Å². The lowest BCUT2D eigenvalue weighted by molar-refractivity contribution is 0.215. The van der Waals surface area contributed by atoms with Gasteiger partial charge in [-0.25, -0.2) is 0 Å². The fraction of sp³-hybridized carbons (Fsp3) is 0.778. The van der Waals surface area contributed by atoms with E-state index < -0.39 is 0 Å². The summed E-state index contributed by atoms with van der Waals surface area (Å²) < 4.78 is 5.10. The van der Waals surface area contributed by atoms with Gasteiger partial charge in [-0.15, -0.1) is 0 Å². The third-order valence-electron chi connectivity index (χ3n) is 2.32. The molecule has 0 amide bonds. The Kier molecular flexibility index (Phi) is 2.79. The van der Waals surface area contributed by atoms with Gasteiger partial charge in [0.05, 0.1) is 12.9 Å². The maximum atomic E-state index is 5.10. The first-order valence-corrected chi connectivity index (χ1v) is 4.07. The molecule has 10 heavy (non-hydrogen) atoms. The van der Waals surface area contributed by atoms with Crippen molar-refractivity contribution < 1.29 is 4.74 Å². The highest BCUT2D eigenvalue weighted by molar-refractivity contribution is 4.91. The first-order chi connectivity index (χ1) is 4.84. The van der Waals surface area contributed by atoms with Crippen molar-refractivity contribution in [3.63, 3.8) is 0 Å². The molecule has 0 N–H and O–H groups in total. The normalized spacial score (nSPS) is 20.5. The lowest BCUT2D eigenvalue weighted by Gasteiger charge is -2.22. The van der Waals surface area contributed by atoms with Crippen LogP contribution in [0.2, 0.25) is 0 Å². The summed E-state index contributed by atoms with van der Waals surface area (Å²) in [6, 6.07) is 0. The van der Waals surface area contributed by atoms with Crippen molar-refractivity contribution in [1.82, 2.24) is 0 Å². The van der Waals surface area contributed by atoms with Gasteiger partial charge in [0.1, 0.15) is 0 Å². The topological polar surface area (TPSA) is 9.23 Å². The van der Waals surface area contributed by atoms with Crippen molar-refractivity contribution >= 4 is 0 Å². The Morgan fingerprint density at radius 1 is 1.30 bits per heavy atom. The van der Waals surface area contributed by atoms with Gasteiger partial charge in [-0.2, -0.15) is 0 Å². The molecule has 0 aromatic carbocycles. The second-order valence-corrected chi connectivity index (χ2v) is 3.01. The highest BCUT2D eigenvalue weighted by Crippen LogP contribution is 2.28. The largest absolute Gasteiger partial charge is 0.501 e. The average Bonchev–Trinajstić information content (AvgIpc) is 2.05. The number of allylic oxidation sites excluding steroid dienone is 1. The van der Waals surface area contributed by atoms with E-state index in [1.807, 2.05) is 0 Å². The zero-order valence-electron chi connectivity index (χ0n) is 6.73. The van der Waals surface area contributed by atoms with Crippen molar-refractivity contribution in [3.8, 4) is 0 Å². The van der Waals surface area contributed by atoms with Crippen LogP contribution in [0.25, 0.3) is 0 Å². The Hall–Kier alpha value is -0.460. The molecule has 0 spiro atoms. The van der Waals surface area contributed by atoms with Gasteiger partial charge in [0.25, 0.3) is 0 Å². The van der Waals surface area contributed by atoms with Crippen molar-refractivity contribution in [2.24, 2.45) is 5.92 Å². The molecular formula is C9H16O. The summed E-state index contributed by atoms with van der Waals surface area (Å²) in [7, 11) is 1.72. The zero-order chi connectivity index (χ0) is 7.40. The van der Waals surface area contributed by atoms with Crippen molar-refractivity contribution in [2.75, 3.05) is 7.11 Å². The van der Waals surface area contributed by atoms with E-state index in [4.69, 9.17) is 4.74 Å². The highest BCUT2D eigenvalue weighted by Gasteiger charge is 2.16. The predicted molar refractivity (Wildman–Crippen MR) is 42.7 cm³/mol. The second kappa shape index (κ2) is 3.65. The van der Waals surface area contributed by atoms with Crippen LogP contribution in [0.5, 0.6) is 0 Å². The van der Waals surface area contributed by atoms with E-state index in [0.29, 0.717) is 5.92 Å². The molecule has 58 valence electrons. The number of hydrogen-bond donors (Lipinski definition) is 0. The summed E-state index contributed by atoms with van der Waals surface area (Å²) in [6.45, 7) is 3.87. The van der Waals surface area contributed by atoms with E-state index in [-0.39, 0.29) is 0 Å². The van der Waals surface area contributed by atoms with Crippen molar-refractivity contribution in [2.45, 2.75) is 32.1 Å². The third-order valence-corrected chi connectivity index (χ3v) is 2.32. The SMILES string of the molecule is C=C(OC)C1CCCCC1. The number of hydrogen-bond acceptors (Lipinski definition) is 1. The molecule has 0 saturated heterocycles. The summed E-state index contributed by atoms with van der Waals surface area (Å²) >= 11 is 0. The van der Waals surface area contributed by atoms with Gasteiger partial charge in [-0.05, 0) is 12.8 Å². The standard InChI is InChI=1S/C9H16O/c1-8(10-2)9-6-4-3-5-7-9/h9H,1,3-7H2,2H3. The molecule has 0 aliphatic heterocycles. The average molecular weight is 140 g/mol. The Morgan fingerprint density at radius 3 is 2.40 bits per heavy atom. The predicted octanol–water partition coefficient (Wildman–Crippen LogP) is 2.73. The Balaban J connectivity index is 2.31. The molecule has 0 atom stereocenters. The summed E-state index contributed by atoms with van der Waals surface area (Å²) in [6.07, 6.45) is 6.67. The molecule has 1 rings (SSSR count). The van der Waals surface area contributed by atoms with E-state index in [0.717, 1.165) is 5.76 Å². The van der Waals surface area contributed by atoms with Crippen LogP contribution >= 0.6 is 0 Å². The van der Waals surface area contributed by atoms with E-state index in [1.54, 1.807) is 7.11 Å². The van der Waals surface area contributed by atoms with E-state index in [2.05, 4.69) is 6.58 Å². The van der Waals surface area contributed by atoms with Gasteiger partial charge in [0, 0.05) is 5.92 Å². The maximum absolute atomic E-state index is 5.10. The van der Waals surface area contributed by atoms with Gasteiger partial charge in [-0.1, -0.05) is 25.8 Å². The van der Waals surface area contributed by atoms with Gasteiger partial charge in [0.2, 0.25) is 0 Å². The summed E-state index contributed by atoms with van der Waals surface area (Å²) in [5, 5.41) is 0. The first kappa shape index (κ1) is 7.64. The molecule has 0 aromatic rings. The smallest absolute Gasteiger partial charge is 0.0914 e. The van der Waals surface area contributed by atoms with Crippen molar-refractivity contribution in [3.05, 3.63) is 12.3 Å². The second-order valence-electron chi connectivity index (χ2n) is 3.01. The minimum atomic E-state index is 0.652. The molecule has 0 bridgehead atoms. The van der Waals surface area contributed by atoms with Crippen LogP contribution in [-0.4, -0.2) is 7.11 Å². The lowest BCUT2D eigenvalue weighted by atomic mass is 9.88. The van der Waals surface area contributed by atoms with E-state index >= 15 is 0 Å². The summed E-state index contributed by atoms with van der Waals surface area (Å²) in [5.41, 5.74) is 0. The van der Waals surface area contributed by atoms with Crippen LogP contribution in [-0.2, 0) is 4.74 Å². The van der Waals surface area contributed by atoms with Gasteiger partial charge in [0.15, 0.2) is 0 Å². The number of ether oxygens (including phenoxy) is 1. The molecule has 1 fully saturated rings. The number of methoxy groups -OCH3 is 1. The molecule has 1 nitrogen and oxygen atoms in total. The molecule has 0 aromatic heterocycles. The lowest BCUT2D eigenvalue weighted by Crippen LogP contribution is -2.09. The van der Waals surface area contributed by atoms with Gasteiger partial charge < -0.3 is 4.74 Å². The molecule has 0 radical (unpaired) electrons. The molecule has 0 heterocycles. The molecule has 0 unspecified atom stereocenters. The Labute approximate surface area is 63.1 Å². The van der Waals surface area contributed by atoms with Crippen LogP contribution in [0.4, 0.5) is 0 Å². The molecule has 1 aliphatic carbocycles. The number of rotatable bonds is 2. The Bertz CT molecular complexity index is 112. The third kappa shape index (κ3) is 1.76. The fourth-order valence-corrected chi connectivity index (χ4v) is 1.59. The fourth-order valence-electron chi connectivity index (χ4n) is 1.59. The molecule has 1 heteroatoms. The van der Waals surface area contributed by atoms with Crippen LogP contribution in [0, 0.1) is 5.92 Å². The quantitative estimate of drug-likeness (QED) is 0.536. The van der Waals surface area contributed by atoms with E-state index in [9.17, 15) is 0 Å². The monoisotopic (exact) mass is 140 g/mol. The minimum absolute atomic E-state index is 0.652.